The number of pyridine rings is 1. The molecular weight excluding hydrogens is 344 g/mol. The summed E-state index contributed by atoms with van der Waals surface area (Å²) in [5.74, 6) is 0.286. The van der Waals surface area contributed by atoms with Gasteiger partial charge in [-0.15, -0.1) is 0 Å². The van der Waals surface area contributed by atoms with Crippen LogP contribution in [0, 0.1) is 0 Å². The summed E-state index contributed by atoms with van der Waals surface area (Å²) in [4.78, 5) is 29.5. The molecule has 2 heterocycles. The Morgan fingerprint density at radius 3 is 2.70 bits per heavy atom. The lowest BCUT2D eigenvalue weighted by Crippen LogP contribution is -2.27. The first-order valence-electron chi connectivity index (χ1n) is 8.85. The summed E-state index contributed by atoms with van der Waals surface area (Å²) >= 11 is 0. The number of fused-ring (bicyclic) bond motifs is 1. The van der Waals surface area contributed by atoms with Crippen molar-refractivity contribution in [3.05, 3.63) is 65.7 Å². The van der Waals surface area contributed by atoms with Crippen LogP contribution < -0.4 is 15.4 Å². The third-order valence-electron chi connectivity index (χ3n) is 4.51. The smallest absolute Gasteiger partial charge is 0.287 e. The number of nitrogens with zero attached hydrogens (tertiary/aromatic N) is 2. The number of nitrogens with one attached hydrogen (secondary N) is 2. The quantitative estimate of drug-likeness (QED) is 0.702. The van der Waals surface area contributed by atoms with Crippen molar-refractivity contribution < 1.29 is 14.3 Å². The average molecular weight is 364 g/mol. The minimum absolute atomic E-state index is 0.182. The molecule has 27 heavy (non-hydrogen) atoms. The van der Waals surface area contributed by atoms with E-state index in [4.69, 9.17) is 4.74 Å². The van der Waals surface area contributed by atoms with E-state index in [9.17, 15) is 9.59 Å². The van der Waals surface area contributed by atoms with Crippen molar-refractivity contribution in [1.29, 1.82) is 0 Å². The van der Waals surface area contributed by atoms with Gasteiger partial charge in [-0.1, -0.05) is 24.3 Å². The molecule has 0 spiro atoms. The third-order valence-corrected chi connectivity index (χ3v) is 4.51. The average Bonchev–Trinajstić information content (AvgIpc) is 3.42. The van der Waals surface area contributed by atoms with Crippen LogP contribution in [0.25, 0.3) is 5.52 Å². The maximum atomic E-state index is 12.7. The standard InChI is InChI=1S/C20H20N4O3/c1-27-16-8-3-2-6-13(16)12-21-20(26)18-23-17(19(25)22-14-9-10-14)15-7-4-5-11-24(15)18/h2-8,11,14H,9-10,12H2,1H3,(H,21,26)(H,22,25). The van der Waals surface area contributed by atoms with Crippen LogP contribution in [0.5, 0.6) is 5.75 Å². The van der Waals surface area contributed by atoms with Gasteiger partial charge in [0.05, 0.1) is 12.6 Å². The first-order valence-corrected chi connectivity index (χ1v) is 8.85. The van der Waals surface area contributed by atoms with Crippen molar-refractivity contribution in [3.63, 3.8) is 0 Å². The molecule has 0 saturated heterocycles. The van der Waals surface area contributed by atoms with E-state index >= 15 is 0 Å². The van der Waals surface area contributed by atoms with Crippen LogP contribution >= 0.6 is 0 Å². The molecule has 0 atom stereocenters. The molecule has 4 rings (SSSR count). The lowest BCUT2D eigenvalue weighted by molar-refractivity contribution is 0.0939. The molecule has 1 aliphatic carbocycles. The third kappa shape index (κ3) is 3.48. The van der Waals surface area contributed by atoms with Gasteiger partial charge in [-0.25, -0.2) is 4.98 Å². The lowest BCUT2D eigenvalue weighted by atomic mass is 10.2. The maximum absolute atomic E-state index is 12.7. The zero-order valence-corrected chi connectivity index (χ0v) is 14.9. The van der Waals surface area contributed by atoms with E-state index in [1.54, 1.807) is 29.8 Å². The highest BCUT2D eigenvalue weighted by molar-refractivity contribution is 6.02. The summed E-state index contributed by atoms with van der Waals surface area (Å²) in [6, 6.07) is 13.1. The topological polar surface area (TPSA) is 84.7 Å². The number of benzene rings is 1. The molecule has 2 N–H and O–H groups in total. The molecule has 1 fully saturated rings. The van der Waals surface area contributed by atoms with E-state index in [2.05, 4.69) is 15.6 Å². The van der Waals surface area contributed by atoms with Gasteiger partial charge in [-0.2, -0.15) is 0 Å². The predicted octanol–water partition coefficient (Wildman–Crippen LogP) is 2.17. The van der Waals surface area contributed by atoms with Crippen LogP contribution in [0.15, 0.2) is 48.7 Å². The highest BCUT2D eigenvalue weighted by atomic mass is 16.5. The number of amides is 2. The number of ether oxygens (including phenoxy) is 1. The fraction of sp³-hybridized carbons (Fsp3) is 0.250. The van der Waals surface area contributed by atoms with Crippen molar-refractivity contribution in [2.24, 2.45) is 0 Å². The normalized spacial score (nSPS) is 13.4. The Balaban J connectivity index is 1.59. The van der Waals surface area contributed by atoms with Gasteiger partial charge in [0.15, 0.2) is 5.69 Å². The van der Waals surface area contributed by atoms with Crippen molar-refractivity contribution >= 4 is 17.3 Å². The zero-order chi connectivity index (χ0) is 18.8. The molecule has 3 aromatic rings. The number of aromatic nitrogens is 2. The maximum Gasteiger partial charge on any atom is 0.287 e. The van der Waals surface area contributed by atoms with Gasteiger partial charge in [0, 0.05) is 24.3 Å². The Bertz CT molecular complexity index is 1010. The van der Waals surface area contributed by atoms with Crippen molar-refractivity contribution in [3.8, 4) is 5.75 Å². The van der Waals surface area contributed by atoms with Crippen molar-refractivity contribution in [2.45, 2.75) is 25.4 Å². The molecule has 7 nitrogen and oxygen atoms in total. The molecule has 1 saturated carbocycles. The van der Waals surface area contributed by atoms with Crippen LogP contribution in [0.2, 0.25) is 0 Å². The van der Waals surface area contributed by atoms with E-state index in [-0.39, 0.29) is 29.4 Å². The molecule has 138 valence electrons. The Hall–Kier alpha value is -3.35. The van der Waals surface area contributed by atoms with Gasteiger partial charge >= 0.3 is 0 Å². The molecule has 2 amide bonds. The van der Waals surface area contributed by atoms with Gasteiger partial charge in [0.25, 0.3) is 11.8 Å². The molecule has 1 aliphatic rings. The Labute approximate surface area is 156 Å². The molecule has 1 aromatic carbocycles. The molecule has 0 aliphatic heterocycles. The number of methoxy groups -OCH3 is 1. The number of imidazole rings is 1. The van der Waals surface area contributed by atoms with Crippen LogP contribution in [0.1, 0.15) is 39.5 Å². The first-order chi connectivity index (χ1) is 13.2. The monoisotopic (exact) mass is 364 g/mol. The second kappa shape index (κ2) is 7.11. The van der Waals surface area contributed by atoms with E-state index in [1.807, 2.05) is 30.3 Å². The molecule has 2 aromatic heterocycles. The number of hydrogen-bond donors (Lipinski definition) is 2. The minimum atomic E-state index is -0.354. The molecule has 7 heteroatoms. The van der Waals surface area contributed by atoms with Crippen molar-refractivity contribution in [2.75, 3.05) is 7.11 Å². The Morgan fingerprint density at radius 2 is 1.93 bits per heavy atom. The fourth-order valence-corrected chi connectivity index (χ4v) is 2.95. The summed E-state index contributed by atoms with van der Waals surface area (Å²) < 4.78 is 6.95. The van der Waals surface area contributed by atoms with Crippen LogP contribution in [-0.2, 0) is 6.54 Å². The van der Waals surface area contributed by atoms with Crippen molar-refractivity contribution in [1.82, 2.24) is 20.0 Å². The van der Waals surface area contributed by atoms with E-state index < -0.39 is 0 Å². The van der Waals surface area contributed by atoms with Crippen LogP contribution in [-0.4, -0.2) is 34.4 Å². The van der Waals surface area contributed by atoms with E-state index in [1.165, 1.54) is 0 Å². The minimum Gasteiger partial charge on any atom is -0.496 e. The summed E-state index contributed by atoms with van der Waals surface area (Å²) in [6.07, 6.45) is 3.71. The second-order valence-electron chi connectivity index (χ2n) is 6.48. The van der Waals surface area contributed by atoms with E-state index in [0.717, 1.165) is 18.4 Å². The van der Waals surface area contributed by atoms with Gasteiger partial charge < -0.3 is 15.4 Å². The van der Waals surface area contributed by atoms with Gasteiger partial charge in [0.2, 0.25) is 5.82 Å². The molecule has 0 unspecified atom stereocenters. The summed E-state index contributed by atoms with van der Waals surface area (Å²) in [5, 5.41) is 5.78. The van der Waals surface area contributed by atoms with E-state index in [0.29, 0.717) is 17.8 Å². The summed E-state index contributed by atoms with van der Waals surface area (Å²) in [5.41, 5.74) is 1.74. The largest absolute Gasteiger partial charge is 0.496 e. The van der Waals surface area contributed by atoms with Crippen LogP contribution in [0.3, 0.4) is 0 Å². The number of carbonyl (C=O) groups is 2. The lowest BCUT2D eigenvalue weighted by Gasteiger charge is -2.09. The Kier molecular flexibility index (Phi) is 4.50. The summed E-state index contributed by atoms with van der Waals surface area (Å²) in [7, 11) is 1.59. The highest BCUT2D eigenvalue weighted by Crippen LogP contribution is 2.21. The van der Waals surface area contributed by atoms with Crippen LogP contribution in [0.4, 0.5) is 0 Å². The van der Waals surface area contributed by atoms with Gasteiger partial charge in [-0.05, 0) is 31.0 Å². The molecule has 0 radical (unpaired) electrons. The number of rotatable bonds is 6. The second-order valence-corrected chi connectivity index (χ2v) is 6.48. The first kappa shape index (κ1) is 17.1. The van der Waals surface area contributed by atoms with Gasteiger partial charge in [0.1, 0.15) is 5.75 Å². The molecule has 0 bridgehead atoms. The summed E-state index contributed by atoms with van der Waals surface area (Å²) in [6.45, 7) is 0.300. The fourth-order valence-electron chi connectivity index (χ4n) is 2.95. The Morgan fingerprint density at radius 1 is 1.15 bits per heavy atom. The number of carbonyl (C=O) groups excluding carboxylic acids is 2. The zero-order valence-electron chi connectivity index (χ0n) is 14.9. The highest BCUT2D eigenvalue weighted by Gasteiger charge is 2.27. The SMILES string of the molecule is COc1ccccc1CNC(=O)c1nc(C(=O)NC2CC2)c2ccccn12. The molecular formula is C20H20N4O3. The number of hydrogen-bond acceptors (Lipinski definition) is 4. The number of para-hydroxylation sites is 1. The predicted molar refractivity (Wildman–Crippen MR) is 99.8 cm³/mol. The van der Waals surface area contributed by atoms with Gasteiger partial charge in [-0.3, -0.25) is 14.0 Å².